The molecular formula is C19H18N4O4S. The van der Waals surface area contributed by atoms with Crippen molar-refractivity contribution in [1.29, 1.82) is 0 Å². The van der Waals surface area contributed by atoms with Crippen LogP contribution in [0.1, 0.15) is 10.6 Å². The van der Waals surface area contributed by atoms with E-state index in [0.29, 0.717) is 37.6 Å². The molecule has 1 saturated heterocycles. The highest BCUT2D eigenvalue weighted by Gasteiger charge is 2.21. The average Bonchev–Trinajstić information content (AvgIpc) is 3.14. The maximum absolute atomic E-state index is 11.5. The van der Waals surface area contributed by atoms with Gasteiger partial charge in [-0.1, -0.05) is 23.4 Å². The SMILES string of the molecule is O=[N+]([O-])c1cc(/C=N\OCc2nc3ccccc3s2)ccc1N1CCOCC1. The summed E-state index contributed by atoms with van der Waals surface area (Å²) in [6.45, 7) is 2.67. The van der Waals surface area contributed by atoms with Crippen LogP contribution in [0.3, 0.4) is 0 Å². The first-order valence-corrected chi connectivity index (χ1v) is 9.63. The Bertz CT molecular complexity index is 981. The zero-order chi connectivity index (χ0) is 19.3. The summed E-state index contributed by atoms with van der Waals surface area (Å²) >= 11 is 1.55. The lowest BCUT2D eigenvalue weighted by Crippen LogP contribution is -2.36. The normalized spacial score (nSPS) is 14.6. The van der Waals surface area contributed by atoms with E-state index in [2.05, 4.69) is 10.1 Å². The second-order valence-corrected chi connectivity index (χ2v) is 7.30. The van der Waals surface area contributed by atoms with Crippen molar-refractivity contribution in [2.24, 2.45) is 5.16 Å². The van der Waals surface area contributed by atoms with Crippen molar-refractivity contribution in [3.63, 3.8) is 0 Å². The molecule has 1 fully saturated rings. The Morgan fingerprint density at radius 2 is 2.11 bits per heavy atom. The number of hydrogen-bond donors (Lipinski definition) is 0. The maximum Gasteiger partial charge on any atom is 0.293 e. The van der Waals surface area contributed by atoms with Crippen LogP contribution in [0.4, 0.5) is 11.4 Å². The lowest BCUT2D eigenvalue weighted by atomic mass is 10.1. The van der Waals surface area contributed by atoms with Crippen LogP contribution in [0, 0.1) is 10.1 Å². The number of para-hydroxylation sites is 1. The molecule has 1 aliphatic heterocycles. The van der Waals surface area contributed by atoms with Crippen LogP contribution in [0.25, 0.3) is 10.2 Å². The molecule has 0 radical (unpaired) electrons. The van der Waals surface area contributed by atoms with Gasteiger partial charge in [-0.3, -0.25) is 10.1 Å². The van der Waals surface area contributed by atoms with Gasteiger partial charge in [-0.25, -0.2) is 4.98 Å². The number of morpholine rings is 1. The summed E-state index contributed by atoms with van der Waals surface area (Å²) in [6.07, 6.45) is 1.48. The van der Waals surface area contributed by atoms with Gasteiger partial charge in [-0.2, -0.15) is 0 Å². The summed E-state index contributed by atoms with van der Waals surface area (Å²) in [5.41, 5.74) is 2.19. The number of hydrogen-bond acceptors (Lipinski definition) is 8. The van der Waals surface area contributed by atoms with Crippen molar-refractivity contribution >= 4 is 39.1 Å². The number of ether oxygens (including phenoxy) is 1. The predicted molar refractivity (Wildman–Crippen MR) is 108 cm³/mol. The molecule has 8 nitrogen and oxygen atoms in total. The van der Waals surface area contributed by atoms with E-state index in [0.717, 1.165) is 15.2 Å². The second-order valence-electron chi connectivity index (χ2n) is 6.19. The van der Waals surface area contributed by atoms with Crippen LogP contribution in [0.2, 0.25) is 0 Å². The Balaban J connectivity index is 1.43. The zero-order valence-electron chi connectivity index (χ0n) is 15.0. The Morgan fingerprint density at radius 1 is 1.29 bits per heavy atom. The summed E-state index contributed by atoms with van der Waals surface area (Å²) in [5.74, 6) is 0. The monoisotopic (exact) mass is 398 g/mol. The molecule has 0 bridgehead atoms. The predicted octanol–water partition coefficient (Wildman–Crippen LogP) is 3.59. The summed E-state index contributed by atoms with van der Waals surface area (Å²) in [6, 6.07) is 12.9. The highest BCUT2D eigenvalue weighted by atomic mass is 32.1. The quantitative estimate of drug-likeness (QED) is 0.358. The third kappa shape index (κ3) is 4.10. The Kier molecular flexibility index (Phi) is 5.45. The van der Waals surface area contributed by atoms with Crippen molar-refractivity contribution in [2.75, 3.05) is 31.2 Å². The van der Waals surface area contributed by atoms with E-state index in [1.807, 2.05) is 29.2 Å². The van der Waals surface area contributed by atoms with E-state index in [9.17, 15) is 10.1 Å². The number of rotatable bonds is 6. The number of aromatic nitrogens is 1. The molecule has 2 aromatic carbocycles. The number of oxime groups is 1. The molecule has 28 heavy (non-hydrogen) atoms. The lowest BCUT2D eigenvalue weighted by molar-refractivity contribution is -0.384. The molecule has 0 saturated carbocycles. The van der Waals surface area contributed by atoms with Gasteiger partial charge in [0.1, 0.15) is 10.7 Å². The number of fused-ring (bicyclic) bond motifs is 1. The molecule has 0 spiro atoms. The number of benzene rings is 2. The molecule has 0 atom stereocenters. The van der Waals surface area contributed by atoms with Crippen LogP contribution >= 0.6 is 11.3 Å². The van der Waals surface area contributed by atoms with Crippen LogP contribution in [0.5, 0.6) is 0 Å². The fraction of sp³-hybridized carbons (Fsp3) is 0.263. The molecule has 0 amide bonds. The lowest BCUT2D eigenvalue weighted by Gasteiger charge is -2.28. The molecule has 9 heteroatoms. The van der Waals surface area contributed by atoms with Gasteiger partial charge >= 0.3 is 0 Å². The second kappa shape index (κ2) is 8.32. The first-order chi connectivity index (χ1) is 13.7. The topological polar surface area (TPSA) is 90.1 Å². The van der Waals surface area contributed by atoms with Gasteiger partial charge in [-0.15, -0.1) is 11.3 Å². The van der Waals surface area contributed by atoms with E-state index in [-0.39, 0.29) is 17.2 Å². The average molecular weight is 398 g/mol. The van der Waals surface area contributed by atoms with E-state index in [4.69, 9.17) is 9.57 Å². The van der Waals surface area contributed by atoms with E-state index >= 15 is 0 Å². The number of anilines is 1. The molecule has 2 heterocycles. The van der Waals surface area contributed by atoms with Gasteiger partial charge < -0.3 is 14.5 Å². The minimum absolute atomic E-state index is 0.0528. The Labute approximate surface area is 165 Å². The van der Waals surface area contributed by atoms with E-state index < -0.39 is 0 Å². The maximum atomic E-state index is 11.5. The molecule has 4 rings (SSSR count). The summed E-state index contributed by atoms with van der Waals surface area (Å²) in [7, 11) is 0. The van der Waals surface area contributed by atoms with E-state index in [1.54, 1.807) is 23.5 Å². The first kappa shape index (κ1) is 18.3. The van der Waals surface area contributed by atoms with Gasteiger partial charge in [0.15, 0.2) is 6.61 Å². The molecule has 0 unspecified atom stereocenters. The molecule has 1 aliphatic rings. The van der Waals surface area contributed by atoms with Crippen molar-refractivity contribution in [3.8, 4) is 0 Å². The highest BCUT2D eigenvalue weighted by molar-refractivity contribution is 7.18. The molecular weight excluding hydrogens is 380 g/mol. The highest BCUT2D eigenvalue weighted by Crippen LogP contribution is 2.29. The number of thiazole rings is 1. The first-order valence-electron chi connectivity index (χ1n) is 8.81. The fourth-order valence-corrected chi connectivity index (χ4v) is 3.89. The minimum atomic E-state index is -0.371. The molecule has 0 aliphatic carbocycles. The van der Waals surface area contributed by atoms with Crippen LogP contribution in [-0.4, -0.2) is 42.4 Å². The van der Waals surface area contributed by atoms with Gasteiger partial charge in [-0.05, 0) is 18.2 Å². The largest absolute Gasteiger partial charge is 0.388 e. The summed E-state index contributed by atoms with van der Waals surface area (Å²) < 4.78 is 6.41. The fourth-order valence-electron chi connectivity index (χ4n) is 3.01. The van der Waals surface area contributed by atoms with Gasteiger partial charge in [0.25, 0.3) is 5.69 Å². The minimum Gasteiger partial charge on any atom is -0.388 e. The van der Waals surface area contributed by atoms with Gasteiger partial charge in [0.05, 0.1) is 34.6 Å². The van der Waals surface area contributed by atoms with Crippen molar-refractivity contribution in [1.82, 2.24) is 4.98 Å². The summed E-state index contributed by atoms with van der Waals surface area (Å²) in [5, 5.41) is 16.2. The van der Waals surface area contributed by atoms with Crippen LogP contribution < -0.4 is 4.90 Å². The molecule has 144 valence electrons. The van der Waals surface area contributed by atoms with Gasteiger partial charge in [0, 0.05) is 24.7 Å². The summed E-state index contributed by atoms with van der Waals surface area (Å²) in [4.78, 5) is 22.9. The van der Waals surface area contributed by atoms with Gasteiger partial charge in [0.2, 0.25) is 0 Å². The number of nitro groups is 1. The van der Waals surface area contributed by atoms with Crippen LogP contribution in [-0.2, 0) is 16.2 Å². The third-order valence-electron chi connectivity index (χ3n) is 4.35. The standard InChI is InChI=1S/C19H18N4O4S/c24-23(25)17-11-14(5-6-16(17)22-7-9-26-10-8-22)12-20-27-13-19-21-15-3-1-2-4-18(15)28-19/h1-6,11-12H,7-10,13H2/b20-12-. The van der Waals surface area contributed by atoms with Crippen molar-refractivity contribution in [3.05, 3.63) is 63.1 Å². The molecule has 3 aromatic rings. The number of nitrogens with zero attached hydrogens (tertiary/aromatic N) is 4. The van der Waals surface area contributed by atoms with Crippen molar-refractivity contribution in [2.45, 2.75) is 6.61 Å². The third-order valence-corrected chi connectivity index (χ3v) is 5.36. The Hall–Kier alpha value is -3.04. The molecule has 0 N–H and O–H groups in total. The number of nitro benzene ring substituents is 1. The van der Waals surface area contributed by atoms with Crippen LogP contribution in [0.15, 0.2) is 47.6 Å². The Morgan fingerprint density at radius 3 is 2.89 bits per heavy atom. The molecule has 1 aromatic heterocycles. The zero-order valence-corrected chi connectivity index (χ0v) is 15.8. The van der Waals surface area contributed by atoms with E-state index in [1.165, 1.54) is 12.3 Å². The van der Waals surface area contributed by atoms with Crippen molar-refractivity contribution < 1.29 is 14.5 Å². The smallest absolute Gasteiger partial charge is 0.293 e.